The molecule has 0 spiro atoms. The van der Waals surface area contributed by atoms with Gasteiger partial charge in [0.15, 0.2) is 0 Å². The van der Waals surface area contributed by atoms with E-state index in [-0.39, 0.29) is 0 Å². The zero-order valence-electron chi connectivity index (χ0n) is 11.6. The fourth-order valence-corrected chi connectivity index (χ4v) is 3.05. The minimum Gasteiger partial charge on any atom is -0.382 e. The summed E-state index contributed by atoms with van der Waals surface area (Å²) in [4.78, 5) is 2.49. The molecule has 0 bridgehead atoms. The molecule has 3 rings (SSSR count). The highest BCUT2D eigenvalue weighted by molar-refractivity contribution is 5.58. The van der Waals surface area contributed by atoms with Crippen LogP contribution in [0.4, 0.5) is 11.4 Å². The number of nitrogens with zero attached hydrogens (tertiary/aromatic N) is 1. The highest BCUT2D eigenvalue weighted by Gasteiger charge is 2.14. The van der Waals surface area contributed by atoms with Crippen LogP contribution in [0.15, 0.2) is 24.3 Å². The van der Waals surface area contributed by atoms with E-state index >= 15 is 0 Å². The Morgan fingerprint density at radius 2 is 1.95 bits per heavy atom. The fraction of sp³-hybridized carbons (Fsp3) is 0.625. The van der Waals surface area contributed by atoms with E-state index in [0.29, 0.717) is 6.04 Å². The number of hydrogen-bond donors (Lipinski definition) is 1. The quantitative estimate of drug-likeness (QED) is 0.902. The Labute approximate surface area is 115 Å². The smallest absolute Gasteiger partial charge is 0.0485 e. The van der Waals surface area contributed by atoms with Gasteiger partial charge in [-0.2, -0.15) is 0 Å². The van der Waals surface area contributed by atoms with E-state index in [2.05, 4.69) is 34.5 Å². The Morgan fingerprint density at radius 1 is 1.05 bits per heavy atom. The van der Waals surface area contributed by atoms with Gasteiger partial charge in [-0.3, -0.25) is 0 Å². The molecule has 19 heavy (non-hydrogen) atoms. The molecule has 3 nitrogen and oxygen atoms in total. The molecule has 1 unspecified atom stereocenters. The van der Waals surface area contributed by atoms with E-state index in [0.717, 1.165) is 19.6 Å². The number of rotatable bonds is 3. The van der Waals surface area contributed by atoms with E-state index < -0.39 is 0 Å². The molecule has 2 fully saturated rings. The van der Waals surface area contributed by atoms with Crippen LogP contribution in [-0.2, 0) is 4.74 Å². The predicted molar refractivity (Wildman–Crippen MR) is 80.0 cm³/mol. The van der Waals surface area contributed by atoms with Gasteiger partial charge < -0.3 is 15.0 Å². The summed E-state index contributed by atoms with van der Waals surface area (Å²) in [6, 6.07) is 9.45. The molecule has 0 radical (unpaired) electrons. The Balaban J connectivity index is 1.64. The minimum atomic E-state index is 0.566. The first-order valence-electron chi connectivity index (χ1n) is 7.61. The van der Waals surface area contributed by atoms with Crippen molar-refractivity contribution in [3.63, 3.8) is 0 Å². The maximum absolute atomic E-state index is 5.52. The molecular weight excluding hydrogens is 236 g/mol. The second-order valence-electron chi connectivity index (χ2n) is 5.63. The highest BCUT2D eigenvalue weighted by Crippen LogP contribution is 2.24. The molecule has 0 aliphatic carbocycles. The molecule has 1 atom stereocenters. The van der Waals surface area contributed by atoms with Crippen LogP contribution >= 0.6 is 0 Å². The molecular formula is C16H24N2O. The van der Waals surface area contributed by atoms with Crippen LogP contribution in [0.2, 0.25) is 0 Å². The van der Waals surface area contributed by atoms with Crippen LogP contribution in [-0.4, -0.2) is 32.3 Å². The Bertz CT molecular complexity index is 393. The van der Waals surface area contributed by atoms with Gasteiger partial charge in [-0.1, -0.05) is 6.07 Å². The molecule has 2 aliphatic heterocycles. The van der Waals surface area contributed by atoms with Crippen molar-refractivity contribution in [1.29, 1.82) is 0 Å². The minimum absolute atomic E-state index is 0.566. The first-order valence-corrected chi connectivity index (χ1v) is 7.61. The average Bonchev–Trinajstić information content (AvgIpc) is 2.86. The number of ether oxygens (including phenoxy) is 1. The monoisotopic (exact) mass is 260 g/mol. The first-order chi connectivity index (χ1) is 9.42. The van der Waals surface area contributed by atoms with Crippen molar-refractivity contribution < 1.29 is 4.74 Å². The predicted octanol–water partition coefficient (Wildman–Crippen LogP) is 3.27. The van der Waals surface area contributed by atoms with Crippen LogP contribution in [0.3, 0.4) is 0 Å². The van der Waals surface area contributed by atoms with Gasteiger partial charge >= 0.3 is 0 Å². The number of benzene rings is 1. The van der Waals surface area contributed by atoms with Gasteiger partial charge in [0.2, 0.25) is 0 Å². The van der Waals surface area contributed by atoms with Crippen LogP contribution < -0.4 is 10.2 Å². The molecule has 2 saturated heterocycles. The van der Waals surface area contributed by atoms with Gasteiger partial charge in [0.1, 0.15) is 0 Å². The lowest BCUT2D eigenvalue weighted by molar-refractivity contribution is 0.144. The van der Waals surface area contributed by atoms with Gasteiger partial charge in [-0.15, -0.1) is 0 Å². The molecule has 1 aromatic rings. The van der Waals surface area contributed by atoms with Crippen LogP contribution in [0.1, 0.15) is 32.1 Å². The fourth-order valence-electron chi connectivity index (χ4n) is 3.05. The Kier molecular flexibility index (Phi) is 4.23. The third-order valence-electron chi connectivity index (χ3n) is 4.14. The van der Waals surface area contributed by atoms with E-state index in [1.165, 1.54) is 50.1 Å². The van der Waals surface area contributed by atoms with Crippen molar-refractivity contribution in [2.45, 2.75) is 38.1 Å². The highest BCUT2D eigenvalue weighted by atomic mass is 16.5. The number of hydrogen-bond acceptors (Lipinski definition) is 3. The molecule has 0 saturated carbocycles. The van der Waals surface area contributed by atoms with Crippen molar-refractivity contribution in [2.75, 3.05) is 36.5 Å². The molecule has 0 aromatic heterocycles. The van der Waals surface area contributed by atoms with Gasteiger partial charge in [0, 0.05) is 43.7 Å². The summed E-state index contributed by atoms with van der Waals surface area (Å²) >= 11 is 0. The van der Waals surface area contributed by atoms with E-state index in [1.54, 1.807) is 0 Å². The summed E-state index contributed by atoms with van der Waals surface area (Å²) in [5, 5.41) is 3.68. The second-order valence-corrected chi connectivity index (χ2v) is 5.63. The summed E-state index contributed by atoms with van der Waals surface area (Å²) in [6.45, 7) is 4.23. The summed E-state index contributed by atoms with van der Waals surface area (Å²) in [6.07, 6.45) is 6.17. The third-order valence-corrected chi connectivity index (χ3v) is 4.14. The van der Waals surface area contributed by atoms with Crippen molar-refractivity contribution in [3.05, 3.63) is 24.3 Å². The van der Waals surface area contributed by atoms with E-state index in [1.807, 2.05) is 0 Å². The lowest BCUT2D eigenvalue weighted by atomic mass is 10.1. The van der Waals surface area contributed by atoms with Crippen LogP contribution in [0.5, 0.6) is 0 Å². The van der Waals surface area contributed by atoms with E-state index in [4.69, 9.17) is 4.74 Å². The average molecular weight is 260 g/mol. The third kappa shape index (κ3) is 3.41. The van der Waals surface area contributed by atoms with Crippen LogP contribution in [0, 0.1) is 0 Å². The summed E-state index contributed by atoms with van der Waals surface area (Å²) in [5.74, 6) is 0. The number of anilines is 2. The summed E-state index contributed by atoms with van der Waals surface area (Å²) in [5.41, 5.74) is 2.63. The second kappa shape index (κ2) is 6.29. The molecule has 1 N–H and O–H groups in total. The van der Waals surface area contributed by atoms with Gasteiger partial charge in [-0.25, -0.2) is 0 Å². The normalized spacial score (nSPS) is 24.2. The lowest BCUT2D eigenvalue weighted by Gasteiger charge is -2.21. The standard InChI is InChI=1S/C16H24N2O/c1-2-10-18(9-1)16-7-3-5-15(13-16)17-14-6-4-11-19-12-8-14/h3,5,7,13-14,17H,1-2,4,6,8-12H2. The maximum Gasteiger partial charge on any atom is 0.0485 e. The lowest BCUT2D eigenvalue weighted by Crippen LogP contribution is -2.21. The van der Waals surface area contributed by atoms with Crippen molar-refractivity contribution in [1.82, 2.24) is 0 Å². The molecule has 1 aromatic carbocycles. The molecule has 3 heteroatoms. The van der Waals surface area contributed by atoms with Gasteiger partial charge in [0.05, 0.1) is 0 Å². The topological polar surface area (TPSA) is 24.5 Å². The largest absolute Gasteiger partial charge is 0.382 e. The SMILES string of the molecule is c1cc(NC2CCCOCC2)cc(N2CCCC2)c1. The van der Waals surface area contributed by atoms with Crippen LogP contribution in [0.25, 0.3) is 0 Å². The zero-order chi connectivity index (χ0) is 12.9. The Morgan fingerprint density at radius 3 is 2.84 bits per heavy atom. The molecule has 2 heterocycles. The summed E-state index contributed by atoms with van der Waals surface area (Å²) < 4.78 is 5.52. The zero-order valence-corrected chi connectivity index (χ0v) is 11.6. The number of nitrogens with one attached hydrogen (secondary N) is 1. The molecule has 0 amide bonds. The van der Waals surface area contributed by atoms with Crippen molar-refractivity contribution >= 4 is 11.4 Å². The van der Waals surface area contributed by atoms with Crippen molar-refractivity contribution in [2.24, 2.45) is 0 Å². The Hall–Kier alpha value is -1.22. The maximum atomic E-state index is 5.52. The first kappa shape index (κ1) is 12.8. The van der Waals surface area contributed by atoms with E-state index in [9.17, 15) is 0 Å². The van der Waals surface area contributed by atoms with Gasteiger partial charge in [0.25, 0.3) is 0 Å². The summed E-state index contributed by atoms with van der Waals surface area (Å²) in [7, 11) is 0. The van der Waals surface area contributed by atoms with Gasteiger partial charge in [-0.05, 0) is 50.3 Å². The molecule has 104 valence electrons. The van der Waals surface area contributed by atoms with Crippen molar-refractivity contribution in [3.8, 4) is 0 Å². The molecule has 2 aliphatic rings.